The minimum atomic E-state index is -0.837. The van der Waals surface area contributed by atoms with Crippen molar-refractivity contribution >= 4 is 12.0 Å². The summed E-state index contributed by atoms with van der Waals surface area (Å²) in [6.07, 6.45) is 3.97. The lowest BCUT2D eigenvalue weighted by Crippen LogP contribution is -1.92. The van der Waals surface area contributed by atoms with E-state index in [2.05, 4.69) is 0 Å². The Morgan fingerprint density at radius 2 is 2.31 bits per heavy atom. The van der Waals surface area contributed by atoms with E-state index in [1.54, 1.807) is 18.2 Å². The van der Waals surface area contributed by atoms with Crippen molar-refractivity contribution in [3.05, 3.63) is 35.7 Å². The van der Waals surface area contributed by atoms with Crippen LogP contribution in [-0.4, -0.2) is 18.2 Å². The molecule has 86 valence electrons. The largest absolute Gasteiger partial charge is 0.496 e. The summed E-state index contributed by atoms with van der Waals surface area (Å²) >= 11 is 0. The minimum absolute atomic E-state index is 0.0833. The van der Waals surface area contributed by atoms with Gasteiger partial charge in [-0.3, -0.25) is 4.79 Å². The average Bonchev–Trinajstić information content (AvgIpc) is 2.25. The Hall–Kier alpha value is -1.84. The van der Waals surface area contributed by atoms with Crippen molar-refractivity contribution in [2.75, 3.05) is 7.11 Å². The number of benzene rings is 1. The van der Waals surface area contributed by atoms with Crippen LogP contribution in [0, 0.1) is 5.82 Å². The van der Waals surface area contributed by atoms with Crippen molar-refractivity contribution in [1.29, 1.82) is 0 Å². The summed E-state index contributed by atoms with van der Waals surface area (Å²) in [4.78, 5) is 10.3. The van der Waals surface area contributed by atoms with E-state index in [0.717, 1.165) is 5.56 Å². The van der Waals surface area contributed by atoms with Crippen LogP contribution in [0.25, 0.3) is 6.08 Å². The zero-order valence-electron chi connectivity index (χ0n) is 8.94. The number of methoxy groups -OCH3 is 1. The number of carboxylic acid groups (broad SMARTS) is 1. The molecule has 0 aliphatic heterocycles. The summed E-state index contributed by atoms with van der Waals surface area (Å²) in [5.41, 5.74) is 0.731. The normalized spacial score (nSPS) is 10.6. The van der Waals surface area contributed by atoms with Crippen molar-refractivity contribution in [2.45, 2.75) is 12.8 Å². The Kier molecular flexibility index (Phi) is 4.51. The van der Waals surface area contributed by atoms with E-state index in [1.165, 1.54) is 19.2 Å². The number of aliphatic carboxylic acids is 1. The van der Waals surface area contributed by atoms with Crippen LogP contribution in [0.4, 0.5) is 4.39 Å². The molecule has 0 aromatic heterocycles. The second-order valence-corrected chi connectivity index (χ2v) is 3.22. The molecule has 0 heterocycles. The molecule has 0 spiro atoms. The van der Waals surface area contributed by atoms with Crippen molar-refractivity contribution in [3.8, 4) is 5.75 Å². The fraction of sp³-hybridized carbons (Fsp3) is 0.250. The third-order valence-electron chi connectivity index (χ3n) is 2.02. The van der Waals surface area contributed by atoms with Gasteiger partial charge in [-0.15, -0.1) is 0 Å². The number of ether oxygens (including phenoxy) is 1. The topological polar surface area (TPSA) is 46.5 Å². The van der Waals surface area contributed by atoms with Gasteiger partial charge in [-0.05, 0) is 18.6 Å². The van der Waals surface area contributed by atoms with E-state index in [4.69, 9.17) is 9.84 Å². The Balaban J connectivity index is 2.69. The first-order valence-electron chi connectivity index (χ1n) is 4.85. The highest BCUT2D eigenvalue weighted by Crippen LogP contribution is 2.21. The van der Waals surface area contributed by atoms with E-state index >= 15 is 0 Å². The molecule has 0 saturated heterocycles. The molecule has 1 aromatic carbocycles. The zero-order valence-corrected chi connectivity index (χ0v) is 8.94. The number of halogens is 1. The van der Waals surface area contributed by atoms with Gasteiger partial charge >= 0.3 is 5.97 Å². The highest BCUT2D eigenvalue weighted by Gasteiger charge is 2.01. The van der Waals surface area contributed by atoms with Gasteiger partial charge in [0.2, 0.25) is 0 Å². The van der Waals surface area contributed by atoms with Crippen molar-refractivity contribution in [2.24, 2.45) is 0 Å². The summed E-state index contributed by atoms with van der Waals surface area (Å²) in [6.45, 7) is 0. The molecule has 0 bridgehead atoms. The molecular weight excluding hydrogens is 211 g/mol. The molecule has 0 aliphatic rings. The summed E-state index contributed by atoms with van der Waals surface area (Å²) in [6, 6.07) is 4.21. The van der Waals surface area contributed by atoms with Gasteiger partial charge in [0.1, 0.15) is 11.6 Å². The first-order valence-corrected chi connectivity index (χ1v) is 4.85. The number of carbonyl (C=O) groups is 1. The summed E-state index contributed by atoms with van der Waals surface area (Å²) in [5.74, 6) is -0.762. The Labute approximate surface area is 93.2 Å². The van der Waals surface area contributed by atoms with Gasteiger partial charge in [0.05, 0.1) is 7.11 Å². The van der Waals surface area contributed by atoms with E-state index in [0.29, 0.717) is 12.2 Å². The molecule has 0 unspecified atom stereocenters. The van der Waals surface area contributed by atoms with E-state index in [9.17, 15) is 9.18 Å². The molecule has 0 amide bonds. The predicted octanol–water partition coefficient (Wildman–Crippen LogP) is 2.71. The molecule has 0 aliphatic carbocycles. The SMILES string of the molecule is COc1cc(F)ccc1C=CCCC(=O)O. The third kappa shape index (κ3) is 3.73. The maximum Gasteiger partial charge on any atom is 0.303 e. The van der Waals surface area contributed by atoms with Crippen LogP contribution in [0.3, 0.4) is 0 Å². The van der Waals surface area contributed by atoms with Gasteiger partial charge in [0.15, 0.2) is 0 Å². The van der Waals surface area contributed by atoms with Gasteiger partial charge in [0.25, 0.3) is 0 Å². The second kappa shape index (κ2) is 5.90. The van der Waals surface area contributed by atoms with Gasteiger partial charge in [0, 0.05) is 18.1 Å². The van der Waals surface area contributed by atoms with Crippen LogP contribution < -0.4 is 4.74 Å². The summed E-state index contributed by atoms with van der Waals surface area (Å²) < 4.78 is 17.8. The number of carboxylic acids is 1. The van der Waals surface area contributed by atoms with Crippen molar-refractivity contribution in [3.63, 3.8) is 0 Å². The molecule has 0 saturated carbocycles. The first kappa shape index (κ1) is 12.2. The lowest BCUT2D eigenvalue weighted by Gasteiger charge is -2.04. The van der Waals surface area contributed by atoms with Crippen LogP contribution in [0.5, 0.6) is 5.75 Å². The van der Waals surface area contributed by atoms with Gasteiger partial charge in [-0.25, -0.2) is 4.39 Å². The molecule has 1 aromatic rings. The standard InChI is InChI=1S/C12H13FO3/c1-16-11-8-10(13)7-6-9(11)4-2-3-5-12(14)15/h2,4,6-8H,3,5H2,1H3,(H,14,15). The van der Waals surface area contributed by atoms with Crippen molar-refractivity contribution < 1.29 is 19.0 Å². The van der Waals surface area contributed by atoms with Crippen LogP contribution in [0.15, 0.2) is 24.3 Å². The quantitative estimate of drug-likeness (QED) is 0.836. The highest BCUT2D eigenvalue weighted by molar-refractivity contribution is 5.67. The Morgan fingerprint density at radius 3 is 2.94 bits per heavy atom. The fourth-order valence-electron chi connectivity index (χ4n) is 1.24. The molecule has 3 nitrogen and oxygen atoms in total. The van der Waals surface area contributed by atoms with Crippen LogP contribution >= 0.6 is 0 Å². The molecule has 1 rings (SSSR count). The molecular formula is C12H13FO3. The number of hydrogen-bond acceptors (Lipinski definition) is 2. The Morgan fingerprint density at radius 1 is 1.56 bits per heavy atom. The van der Waals surface area contributed by atoms with Crippen LogP contribution in [-0.2, 0) is 4.79 Å². The minimum Gasteiger partial charge on any atom is -0.496 e. The molecule has 1 N–H and O–H groups in total. The molecule has 0 atom stereocenters. The third-order valence-corrected chi connectivity index (χ3v) is 2.02. The monoisotopic (exact) mass is 224 g/mol. The summed E-state index contributed by atoms with van der Waals surface area (Å²) in [5, 5.41) is 8.44. The highest BCUT2D eigenvalue weighted by atomic mass is 19.1. The number of rotatable bonds is 5. The van der Waals surface area contributed by atoms with Gasteiger partial charge in [-0.1, -0.05) is 12.2 Å². The maximum absolute atomic E-state index is 12.8. The average molecular weight is 224 g/mol. The fourth-order valence-corrected chi connectivity index (χ4v) is 1.24. The molecule has 4 heteroatoms. The maximum atomic E-state index is 12.8. The van der Waals surface area contributed by atoms with Crippen LogP contribution in [0.1, 0.15) is 18.4 Å². The molecule has 0 fully saturated rings. The lowest BCUT2D eigenvalue weighted by molar-refractivity contribution is -0.136. The smallest absolute Gasteiger partial charge is 0.303 e. The number of hydrogen-bond donors (Lipinski definition) is 1. The molecule has 0 radical (unpaired) electrons. The number of allylic oxidation sites excluding steroid dienone is 1. The zero-order chi connectivity index (χ0) is 12.0. The lowest BCUT2D eigenvalue weighted by atomic mass is 10.1. The Bertz CT molecular complexity index is 399. The molecule has 16 heavy (non-hydrogen) atoms. The van der Waals surface area contributed by atoms with E-state index < -0.39 is 5.97 Å². The van der Waals surface area contributed by atoms with E-state index in [1.807, 2.05) is 0 Å². The summed E-state index contributed by atoms with van der Waals surface area (Å²) in [7, 11) is 1.46. The first-order chi connectivity index (χ1) is 7.63. The predicted molar refractivity (Wildman–Crippen MR) is 58.9 cm³/mol. The van der Waals surface area contributed by atoms with E-state index in [-0.39, 0.29) is 12.2 Å². The van der Waals surface area contributed by atoms with Gasteiger partial charge < -0.3 is 9.84 Å². The van der Waals surface area contributed by atoms with Crippen molar-refractivity contribution in [1.82, 2.24) is 0 Å². The van der Waals surface area contributed by atoms with Gasteiger partial charge in [-0.2, -0.15) is 0 Å². The van der Waals surface area contributed by atoms with Crippen LogP contribution in [0.2, 0.25) is 0 Å². The second-order valence-electron chi connectivity index (χ2n) is 3.22.